The summed E-state index contributed by atoms with van der Waals surface area (Å²) in [6.45, 7) is 4.67. The SMILES string of the molecule is CC(C)N(CC(=O)NCc1cccc(Cl)c1F)C(=O)Cn1nc(C(N)=O)c2cc(NC(=O)N3CCOCC3)ccc21. The minimum atomic E-state index is -0.800. The predicted molar refractivity (Wildman–Crippen MR) is 150 cm³/mol. The minimum Gasteiger partial charge on any atom is -0.378 e. The Kier molecular flexibility index (Phi) is 9.40. The van der Waals surface area contributed by atoms with Gasteiger partial charge in [-0.25, -0.2) is 9.18 Å². The van der Waals surface area contributed by atoms with Crippen molar-refractivity contribution in [2.45, 2.75) is 33.0 Å². The van der Waals surface area contributed by atoms with E-state index in [9.17, 15) is 23.6 Å². The highest BCUT2D eigenvalue weighted by atomic mass is 35.5. The topological polar surface area (TPSA) is 152 Å². The zero-order chi connectivity index (χ0) is 29.7. The van der Waals surface area contributed by atoms with Crippen LogP contribution in [0.2, 0.25) is 5.02 Å². The number of ether oxygens (including phenoxy) is 1. The van der Waals surface area contributed by atoms with Gasteiger partial charge in [0.1, 0.15) is 12.4 Å². The van der Waals surface area contributed by atoms with Crippen LogP contribution in [0.1, 0.15) is 29.9 Å². The lowest BCUT2D eigenvalue weighted by molar-refractivity contribution is -0.138. The Bertz CT molecular complexity index is 1470. The molecule has 41 heavy (non-hydrogen) atoms. The summed E-state index contributed by atoms with van der Waals surface area (Å²) in [6.07, 6.45) is 0. The van der Waals surface area contributed by atoms with Crippen LogP contribution in [0, 0.1) is 5.82 Å². The molecule has 0 radical (unpaired) electrons. The fourth-order valence-electron chi connectivity index (χ4n) is 4.40. The molecule has 0 spiro atoms. The first-order valence-electron chi connectivity index (χ1n) is 13.0. The molecule has 1 fully saturated rings. The van der Waals surface area contributed by atoms with Gasteiger partial charge in [-0.2, -0.15) is 5.10 Å². The van der Waals surface area contributed by atoms with Crippen LogP contribution in [0.3, 0.4) is 0 Å². The average Bonchev–Trinajstić information content (AvgIpc) is 3.30. The van der Waals surface area contributed by atoms with Crippen LogP contribution in [-0.2, 0) is 27.4 Å². The second-order valence-electron chi connectivity index (χ2n) is 9.74. The predicted octanol–water partition coefficient (Wildman–Crippen LogP) is 2.35. The molecule has 5 amide bonds. The number of carbonyl (C=O) groups is 4. The number of carbonyl (C=O) groups excluding carboxylic acids is 4. The Morgan fingerprint density at radius 2 is 1.90 bits per heavy atom. The molecule has 0 bridgehead atoms. The maximum Gasteiger partial charge on any atom is 0.321 e. The summed E-state index contributed by atoms with van der Waals surface area (Å²) in [5.74, 6) is -2.35. The van der Waals surface area contributed by atoms with Crippen molar-refractivity contribution >= 4 is 51.9 Å². The van der Waals surface area contributed by atoms with Crippen molar-refractivity contribution in [2.75, 3.05) is 38.2 Å². The lowest BCUT2D eigenvalue weighted by atomic mass is 10.2. The number of nitrogens with one attached hydrogen (secondary N) is 2. The number of amides is 5. The molecule has 1 aromatic heterocycles. The van der Waals surface area contributed by atoms with Gasteiger partial charge in [-0.1, -0.05) is 23.7 Å². The van der Waals surface area contributed by atoms with E-state index in [0.29, 0.717) is 42.9 Å². The number of halogens is 2. The molecule has 1 aliphatic heterocycles. The number of primary amides is 1. The van der Waals surface area contributed by atoms with Gasteiger partial charge < -0.3 is 30.9 Å². The lowest BCUT2D eigenvalue weighted by Gasteiger charge is -2.27. The normalized spacial score (nSPS) is 13.3. The van der Waals surface area contributed by atoms with Crippen LogP contribution in [-0.4, -0.2) is 82.2 Å². The molecule has 12 nitrogen and oxygen atoms in total. The van der Waals surface area contributed by atoms with Crippen LogP contribution in [0.25, 0.3) is 10.9 Å². The van der Waals surface area contributed by atoms with E-state index in [0.717, 1.165) is 0 Å². The second-order valence-corrected chi connectivity index (χ2v) is 10.1. The smallest absolute Gasteiger partial charge is 0.321 e. The third kappa shape index (κ3) is 7.11. The Balaban J connectivity index is 1.47. The van der Waals surface area contributed by atoms with Gasteiger partial charge in [-0.05, 0) is 38.1 Å². The summed E-state index contributed by atoms with van der Waals surface area (Å²) >= 11 is 5.80. The highest BCUT2D eigenvalue weighted by Crippen LogP contribution is 2.24. The summed E-state index contributed by atoms with van der Waals surface area (Å²) in [5.41, 5.74) is 6.59. The largest absolute Gasteiger partial charge is 0.378 e. The molecule has 0 unspecified atom stereocenters. The van der Waals surface area contributed by atoms with E-state index in [1.807, 2.05) is 0 Å². The van der Waals surface area contributed by atoms with E-state index in [1.165, 1.54) is 21.7 Å². The molecule has 1 aliphatic rings. The first-order chi connectivity index (χ1) is 19.5. The molecule has 0 atom stereocenters. The van der Waals surface area contributed by atoms with E-state index in [1.54, 1.807) is 43.0 Å². The van der Waals surface area contributed by atoms with Crippen molar-refractivity contribution in [3.8, 4) is 0 Å². The standard InChI is InChI=1S/C27H31ClFN7O5/c1-16(2)35(14-22(37)31-13-17-4-3-5-20(28)24(17)29)23(38)15-36-21-7-6-18(12-19(21)25(33-36)26(30)39)32-27(40)34-8-10-41-11-9-34/h3-7,12,16H,8-11,13-15H2,1-2H3,(H2,30,39)(H,31,37)(H,32,40). The van der Waals surface area contributed by atoms with E-state index in [4.69, 9.17) is 22.1 Å². The van der Waals surface area contributed by atoms with Crippen LogP contribution in [0.5, 0.6) is 0 Å². The van der Waals surface area contributed by atoms with Crippen molar-refractivity contribution in [1.82, 2.24) is 24.9 Å². The van der Waals surface area contributed by atoms with Gasteiger partial charge in [0, 0.05) is 42.3 Å². The van der Waals surface area contributed by atoms with Crippen molar-refractivity contribution in [2.24, 2.45) is 5.73 Å². The molecule has 3 aromatic rings. The Labute approximate surface area is 240 Å². The van der Waals surface area contributed by atoms with Gasteiger partial charge in [0.05, 0.1) is 30.3 Å². The highest BCUT2D eigenvalue weighted by molar-refractivity contribution is 6.30. The van der Waals surface area contributed by atoms with Gasteiger partial charge in [0.2, 0.25) is 11.8 Å². The van der Waals surface area contributed by atoms with Crippen LogP contribution in [0.15, 0.2) is 36.4 Å². The summed E-state index contributed by atoms with van der Waals surface area (Å²) in [7, 11) is 0. The number of hydrogen-bond acceptors (Lipinski definition) is 6. The number of aromatic nitrogens is 2. The van der Waals surface area contributed by atoms with Crippen molar-refractivity contribution in [3.63, 3.8) is 0 Å². The number of nitrogens with zero attached hydrogens (tertiary/aromatic N) is 4. The molecule has 1 saturated heterocycles. The number of nitrogens with two attached hydrogens (primary N) is 1. The molecular weight excluding hydrogens is 557 g/mol. The van der Waals surface area contributed by atoms with Crippen LogP contribution in [0.4, 0.5) is 14.9 Å². The molecular formula is C27H31ClFN7O5. The first-order valence-corrected chi connectivity index (χ1v) is 13.4. The zero-order valence-corrected chi connectivity index (χ0v) is 23.4. The van der Waals surface area contributed by atoms with Crippen molar-refractivity contribution in [3.05, 3.63) is 58.5 Å². The van der Waals surface area contributed by atoms with E-state index in [2.05, 4.69) is 15.7 Å². The highest BCUT2D eigenvalue weighted by Gasteiger charge is 2.24. The second kappa shape index (κ2) is 13.0. The fourth-order valence-corrected chi connectivity index (χ4v) is 4.59. The lowest BCUT2D eigenvalue weighted by Crippen LogP contribution is -2.45. The van der Waals surface area contributed by atoms with Crippen molar-refractivity contribution < 1.29 is 28.3 Å². The Hall–Kier alpha value is -4.23. The van der Waals surface area contributed by atoms with Gasteiger partial charge in [-0.15, -0.1) is 0 Å². The molecule has 0 saturated carbocycles. The van der Waals surface area contributed by atoms with E-state index >= 15 is 0 Å². The van der Waals surface area contributed by atoms with Crippen LogP contribution < -0.4 is 16.4 Å². The number of anilines is 1. The molecule has 4 rings (SSSR count). The zero-order valence-electron chi connectivity index (χ0n) is 22.7. The number of rotatable bonds is 9. The number of urea groups is 1. The first kappa shape index (κ1) is 29.7. The van der Waals surface area contributed by atoms with E-state index in [-0.39, 0.29) is 48.0 Å². The molecule has 218 valence electrons. The average molecular weight is 588 g/mol. The minimum absolute atomic E-state index is 0.0517. The molecule has 0 aliphatic carbocycles. The maximum absolute atomic E-state index is 14.2. The molecule has 2 aromatic carbocycles. The maximum atomic E-state index is 14.2. The third-order valence-corrected chi connectivity index (χ3v) is 6.88. The number of morpholine rings is 1. The van der Waals surface area contributed by atoms with Crippen LogP contribution >= 0.6 is 11.6 Å². The third-order valence-electron chi connectivity index (χ3n) is 6.58. The summed E-state index contributed by atoms with van der Waals surface area (Å²) in [5, 5.41) is 9.97. The monoisotopic (exact) mass is 587 g/mol. The summed E-state index contributed by atoms with van der Waals surface area (Å²) < 4.78 is 20.8. The summed E-state index contributed by atoms with van der Waals surface area (Å²) in [6, 6.07) is 8.67. The fraction of sp³-hybridized carbons (Fsp3) is 0.370. The molecule has 2 heterocycles. The summed E-state index contributed by atoms with van der Waals surface area (Å²) in [4.78, 5) is 53.7. The van der Waals surface area contributed by atoms with Gasteiger partial charge in [-0.3, -0.25) is 19.1 Å². The number of hydrogen-bond donors (Lipinski definition) is 3. The van der Waals surface area contributed by atoms with Crippen molar-refractivity contribution in [1.29, 1.82) is 0 Å². The van der Waals surface area contributed by atoms with Gasteiger partial charge in [0.15, 0.2) is 5.69 Å². The molecule has 14 heteroatoms. The quantitative estimate of drug-likeness (QED) is 0.349. The Morgan fingerprint density at radius 3 is 2.59 bits per heavy atom. The molecule has 4 N–H and O–H groups in total. The number of benzene rings is 2. The van der Waals surface area contributed by atoms with E-state index < -0.39 is 23.5 Å². The van der Waals surface area contributed by atoms with Gasteiger partial charge in [0.25, 0.3) is 5.91 Å². The Morgan fingerprint density at radius 1 is 1.17 bits per heavy atom. The van der Waals surface area contributed by atoms with Gasteiger partial charge >= 0.3 is 6.03 Å². The number of fused-ring (bicyclic) bond motifs is 1.